The highest BCUT2D eigenvalue weighted by Gasteiger charge is 2.23. The van der Waals surface area contributed by atoms with Gasteiger partial charge in [0.05, 0.1) is 7.11 Å². The van der Waals surface area contributed by atoms with Crippen LogP contribution in [-0.4, -0.2) is 19.7 Å². The van der Waals surface area contributed by atoms with Crippen LogP contribution in [0.5, 0.6) is 5.75 Å². The zero-order chi connectivity index (χ0) is 13.9. The lowest BCUT2D eigenvalue weighted by Crippen LogP contribution is -2.25. The van der Waals surface area contributed by atoms with Crippen molar-refractivity contribution in [2.45, 2.75) is 45.6 Å². The molecule has 1 fully saturated rings. The number of ether oxygens (including phenoxy) is 1. The number of hydrogen-bond acceptors (Lipinski definition) is 2. The van der Waals surface area contributed by atoms with Gasteiger partial charge in [0.15, 0.2) is 11.6 Å². The zero-order valence-corrected chi connectivity index (χ0v) is 12.1. The zero-order valence-electron chi connectivity index (χ0n) is 12.1. The van der Waals surface area contributed by atoms with E-state index < -0.39 is 0 Å². The molecule has 0 heterocycles. The van der Waals surface area contributed by atoms with Crippen molar-refractivity contribution in [3.8, 4) is 5.75 Å². The summed E-state index contributed by atoms with van der Waals surface area (Å²) in [6, 6.07) is 6.02. The molecule has 1 aliphatic rings. The van der Waals surface area contributed by atoms with Crippen LogP contribution in [-0.2, 0) is 6.42 Å². The Morgan fingerprint density at radius 1 is 1.37 bits per heavy atom. The van der Waals surface area contributed by atoms with Crippen molar-refractivity contribution in [3.05, 3.63) is 29.6 Å². The Bertz CT molecular complexity index is 427. The highest BCUT2D eigenvalue weighted by molar-refractivity contribution is 5.29. The molecule has 1 aromatic rings. The van der Waals surface area contributed by atoms with Gasteiger partial charge in [-0.3, -0.25) is 0 Å². The summed E-state index contributed by atoms with van der Waals surface area (Å²) in [6.07, 6.45) is 4.64. The van der Waals surface area contributed by atoms with E-state index >= 15 is 0 Å². The van der Waals surface area contributed by atoms with E-state index in [0.29, 0.717) is 5.75 Å². The molecule has 1 N–H and O–H groups in total. The van der Waals surface area contributed by atoms with Crippen molar-refractivity contribution in [1.82, 2.24) is 5.32 Å². The third-order valence-corrected chi connectivity index (χ3v) is 3.71. The molecule has 1 saturated carbocycles. The molecule has 106 valence electrons. The van der Waals surface area contributed by atoms with Gasteiger partial charge in [-0.15, -0.1) is 0 Å². The smallest absolute Gasteiger partial charge is 0.165 e. The van der Waals surface area contributed by atoms with Crippen LogP contribution in [0.25, 0.3) is 0 Å². The second-order valence-corrected chi connectivity index (χ2v) is 6.29. The first-order valence-corrected chi connectivity index (χ1v) is 7.06. The fourth-order valence-corrected chi connectivity index (χ4v) is 2.36. The summed E-state index contributed by atoms with van der Waals surface area (Å²) in [6.45, 7) is 5.53. The molecule has 0 spiro atoms. The average Bonchev–Trinajstić information content (AvgIpc) is 3.12. The first-order chi connectivity index (χ1) is 9.00. The maximum Gasteiger partial charge on any atom is 0.165 e. The topological polar surface area (TPSA) is 21.3 Å². The Hall–Kier alpha value is -1.09. The summed E-state index contributed by atoms with van der Waals surface area (Å²) in [5.41, 5.74) is 1.22. The molecule has 0 aromatic heterocycles. The second-order valence-electron chi connectivity index (χ2n) is 6.29. The van der Waals surface area contributed by atoms with Crippen LogP contribution in [0.2, 0.25) is 0 Å². The Morgan fingerprint density at radius 3 is 2.68 bits per heavy atom. The standard InChI is InChI=1S/C16H24FNO/c1-16(2,8-9-18-13-5-6-13)11-12-4-7-15(19-3)14(17)10-12/h4,7,10,13,18H,5-6,8-9,11H2,1-3H3. The van der Waals surface area contributed by atoms with Crippen molar-refractivity contribution in [3.63, 3.8) is 0 Å². The van der Waals surface area contributed by atoms with E-state index in [4.69, 9.17) is 4.74 Å². The quantitative estimate of drug-likeness (QED) is 0.814. The number of methoxy groups -OCH3 is 1. The van der Waals surface area contributed by atoms with Crippen LogP contribution in [0.3, 0.4) is 0 Å². The highest BCUT2D eigenvalue weighted by Crippen LogP contribution is 2.28. The lowest BCUT2D eigenvalue weighted by molar-refractivity contribution is 0.324. The SMILES string of the molecule is COc1ccc(CC(C)(C)CCNC2CC2)cc1F. The summed E-state index contributed by atoms with van der Waals surface area (Å²) in [7, 11) is 1.49. The molecule has 1 aromatic carbocycles. The molecule has 19 heavy (non-hydrogen) atoms. The van der Waals surface area contributed by atoms with E-state index in [0.717, 1.165) is 31.0 Å². The second kappa shape index (κ2) is 5.91. The number of nitrogens with one attached hydrogen (secondary N) is 1. The maximum atomic E-state index is 13.7. The van der Waals surface area contributed by atoms with Gasteiger partial charge in [-0.25, -0.2) is 4.39 Å². The molecule has 2 nitrogen and oxygen atoms in total. The number of benzene rings is 1. The fraction of sp³-hybridized carbons (Fsp3) is 0.625. The minimum atomic E-state index is -0.271. The molecule has 0 saturated heterocycles. The van der Waals surface area contributed by atoms with Gasteiger partial charge in [0.25, 0.3) is 0 Å². The molecule has 0 amide bonds. The van der Waals surface area contributed by atoms with Crippen molar-refractivity contribution in [2.24, 2.45) is 5.41 Å². The van der Waals surface area contributed by atoms with Crippen molar-refractivity contribution < 1.29 is 9.13 Å². The number of halogens is 1. The van der Waals surface area contributed by atoms with Crippen molar-refractivity contribution >= 4 is 0 Å². The molecule has 2 rings (SSSR count). The predicted octanol–water partition coefficient (Wildman–Crippen LogP) is 3.55. The highest BCUT2D eigenvalue weighted by atomic mass is 19.1. The fourth-order valence-electron chi connectivity index (χ4n) is 2.36. The van der Waals surface area contributed by atoms with Gasteiger partial charge < -0.3 is 10.1 Å². The molecule has 0 bridgehead atoms. The summed E-state index contributed by atoms with van der Waals surface area (Å²) in [5.74, 6) is 0.0452. The summed E-state index contributed by atoms with van der Waals surface area (Å²) >= 11 is 0. The van der Waals surface area contributed by atoms with Gasteiger partial charge in [0.1, 0.15) is 0 Å². The van der Waals surface area contributed by atoms with Crippen LogP contribution >= 0.6 is 0 Å². The van der Waals surface area contributed by atoms with Gasteiger partial charge in [0.2, 0.25) is 0 Å². The Morgan fingerprint density at radius 2 is 2.11 bits per heavy atom. The molecule has 0 radical (unpaired) electrons. The maximum absolute atomic E-state index is 13.7. The normalized spacial score (nSPS) is 15.6. The largest absolute Gasteiger partial charge is 0.494 e. The average molecular weight is 265 g/mol. The third kappa shape index (κ3) is 4.50. The minimum absolute atomic E-state index is 0.183. The molecule has 0 unspecified atom stereocenters. The van der Waals surface area contributed by atoms with E-state index in [2.05, 4.69) is 19.2 Å². The number of hydrogen-bond donors (Lipinski definition) is 1. The molecule has 0 atom stereocenters. The molecule has 1 aliphatic carbocycles. The Kier molecular flexibility index (Phi) is 4.46. The van der Waals surface area contributed by atoms with Gasteiger partial charge >= 0.3 is 0 Å². The third-order valence-electron chi connectivity index (χ3n) is 3.71. The van der Waals surface area contributed by atoms with Gasteiger partial charge in [0, 0.05) is 6.04 Å². The Balaban J connectivity index is 1.88. The van der Waals surface area contributed by atoms with E-state index in [9.17, 15) is 4.39 Å². The van der Waals surface area contributed by atoms with E-state index in [-0.39, 0.29) is 11.2 Å². The van der Waals surface area contributed by atoms with Gasteiger partial charge in [-0.2, -0.15) is 0 Å². The van der Waals surface area contributed by atoms with Crippen molar-refractivity contribution in [2.75, 3.05) is 13.7 Å². The molecule has 3 heteroatoms. The predicted molar refractivity (Wildman–Crippen MR) is 76.1 cm³/mol. The monoisotopic (exact) mass is 265 g/mol. The van der Waals surface area contributed by atoms with E-state index in [1.807, 2.05) is 6.07 Å². The molecular weight excluding hydrogens is 241 g/mol. The van der Waals surface area contributed by atoms with Gasteiger partial charge in [-0.05, 0) is 55.3 Å². The van der Waals surface area contributed by atoms with E-state index in [1.165, 1.54) is 20.0 Å². The minimum Gasteiger partial charge on any atom is -0.494 e. The molecule has 0 aliphatic heterocycles. The Labute approximate surface area is 115 Å². The van der Waals surface area contributed by atoms with Crippen LogP contribution in [0.4, 0.5) is 4.39 Å². The lowest BCUT2D eigenvalue weighted by atomic mass is 9.82. The van der Waals surface area contributed by atoms with E-state index in [1.54, 1.807) is 12.1 Å². The molecular formula is C16H24FNO. The van der Waals surface area contributed by atoms with Crippen LogP contribution in [0.15, 0.2) is 18.2 Å². The van der Waals surface area contributed by atoms with Crippen LogP contribution in [0.1, 0.15) is 38.7 Å². The van der Waals surface area contributed by atoms with Crippen LogP contribution in [0, 0.1) is 11.2 Å². The van der Waals surface area contributed by atoms with Crippen molar-refractivity contribution in [1.29, 1.82) is 0 Å². The summed E-state index contributed by atoms with van der Waals surface area (Å²) < 4.78 is 18.6. The summed E-state index contributed by atoms with van der Waals surface area (Å²) in [5, 5.41) is 3.53. The van der Waals surface area contributed by atoms with Crippen LogP contribution < -0.4 is 10.1 Å². The summed E-state index contributed by atoms with van der Waals surface area (Å²) in [4.78, 5) is 0. The first kappa shape index (κ1) is 14.3. The van der Waals surface area contributed by atoms with Gasteiger partial charge in [-0.1, -0.05) is 19.9 Å². The lowest BCUT2D eigenvalue weighted by Gasteiger charge is -2.25. The first-order valence-electron chi connectivity index (χ1n) is 7.06. The number of rotatable bonds is 7.